The first-order valence-electron chi connectivity index (χ1n) is 12.3. The zero-order valence-corrected chi connectivity index (χ0v) is 21.4. The van der Waals surface area contributed by atoms with Gasteiger partial charge < -0.3 is 19.4 Å². The highest BCUT2D eigenvalue weighted by Crippen LogP contribution is 2.35. The van der Waals surface area contributed by atoms with Crippen molar-refractivity contribution in [1.29, 1.82) is 5.26 Å². The summed E-state index contributed by atoms with van der Waals surface area (Å²) in [6.45, 7) is 5.99. The summed E-state index contributed by atoms with van der Waals surface area (Å²) in [6, 6.07) is 27.1. The lowest BCUT2D eigenvalue weighted by molar-refractivity contribution is 0.0527. The summed E-state index contributed by atoms with van der Waals surface area (Å²) in [5.41, 5.74) is 5.87. The van der Waals surface area contributed by atoms with Gasteiger partial charge in [-0.2, -0.15) is 5.26 Å². The monoisotopic (exact) mass is 502 g/mol. The lowest BCUT2D eigenvalue weighted by Crippen LogP contribution is -2.07. The number of nitrogens with zero attached hydrogens (tertiary/aromatic N) is 3. The molecule has 0 aliphatic heterocycles. The number of fused-ring (bicyclic) bond motifs is 1. The zero-order chi connectivity index (χ0) is 26.6. The highest BCUT2D eigenvalue weighted by molar-refractivity contribution is 6.07. The van der Waals surface area contributed by atoms with Crippen LogP contribution in [0.1, 0.15) is 34.1 Å². The van der Waals surface area contributed by atoms with Crippen LogP contribution < -0.4 is 10.1 Å². The number of anilines is 2. The Morgan fingerprint density at radius 1 is 1.03 bits per heavy atom. The van der Waals surface area contributed by atoms with Gasteiger partial charge in [0.25, 0.3) is 0 Å². The molecule has 0 amide bonds. The zero-order valence-electron chi connectivity index (χ0n) is 21.4. The second-order valence-electron chi connectivity index (χ2n) is 8.77. The maximum Gasteiger partial charge on any atom is 0.340 e. The number of ether oxygens (including phenoxy) is 2. The summed E-state index contributed by atoms with van der Waals surface area (Å²) >= 11 is 0. The van der Waals surface area contributed by atoms with E-state index in [1.54, 1.807) is 25.3 Å². The van der Waals surface area contributed by atoms with E-state index >= 15 is 0 Å². The Hall–Kier alpha value is -5.09. The summed E-state index contributed by atoms with van der Waals surface area (Å²) in [5.74, 6) is 0.216. The van der Waals surface area contributed by atoms with Crippen molar-refractivity contribution < 1.29 is 14.3 Å². The minimum atomic E-state index is -0.400. The Balaban J connectivity index is 1.58. The SMILES string of the molecule is CCOC(=O)c1c(C)n(-c2ccc(C)cc2)c2ccc(Oc3nccc(Nc4ccccc4)c3C#N)cc12. The van der Waals surface area contributed by atoms with Crippen LogP contribution in [0.4, 0.5) is 11.4 Å². The van der Waals surface area contributed by atoms with Crippen LogP contribution in [0, 0.1) is 25.2 Å². The van der Waals surface area contributed by atoms with Crippen molar-refractivity contribution in [1.82, 2.24) is 9.55 Å². The van der Waals surface area contributed by atoms with E-state index in [4.69, 9.17) is 9.47 Å². The molecule has 0 unspecified atom stereocenters. The number of para-hydroxylation sites is 1. The molecule has 2 heterocycles. The Bertz CT molecular complexity index is 1670. The Labute approximate surface area is 220 Å². The molecule has 38 heavy (non-hydrogen) atoms. The van der Waals surface area contributed by atoms with Gasteiger partial charge in [-0.1, -0.05) is 35.9 Å². The van der Waals surface area contributed by atoms with E-state index in [2.05, 4.69) is 16.4 Å². The molecule has 7 heteroatoms. The number of pyridine rings is 1. The number of benzene rings is 3. The number of nitriles is 1. The molecular weight excluding hydrogens is 476 g/mol. The lowest BCUT2D eigenvalue weighted by atomic mass is 10.1. The molecule has 3 aromatic carbocycles. The average Bonchev–Trinajstić information content (AvgIpc) is 3.21. The average molecular weight is 503 g/mol. The minimum Gasteiger partial charge on any atom is -0.462 e. The molecule has 0 bridgehead atoms. The molecule has 7 nitrogen and oxygen atoms in total. The van der Waals surface area contributed by atoms with E-state index in [1.165, 1.54) is 0 Å². The van der Waals surface area contributed by atoms with Crippen LogP contribution in [0.25, 0.3) is 16.6 Å². The quantitative estimate of drug-likeness (QED) is 0.236. The standard InChI is InChI=1S/C31H26N4O3/c1-4-37-31(36)29-21(3)35(23-12-10-20(2)11-13-23)28-15-14-24(18-25(28)29)38-30-26(19-32)27(16-17-33-30)34-22-8-6-5-7-9-22/h5-18H,4H2,1-3H3,(H,33,34). The van der Waals surface area contributed by atoms with Crippen molar-refractivity contribution in [2.75, 3.05) is 11.9 Å². The van der Waals surface area contributed by atoms with Crippen LogP contribution in [-0.2, 0) is 4.74 Å². The lowest BCUT2D eigenvalue weighted by Gasteiger charge is -2.12. The third-order valence-electron chi connectivity index (χ3n) is 6.24. The highest BCUT2D eigenvalue weighted by atomic mass is 16.5. The number of carbonyl (C=O) groups is 1. The van der Waals surface area contributed by atoms with Crippen molar-refractivity contribution in [2.24, 2.45) is 0 Å². The van der Waals surface area contributed by atoms with Gasteiger partial charge in [0, 0.05) is 28.7 Å². The van der Waals surface area contributed by atoms with Gasteiger partial charge >= 0.3 is 5.97 Å². The predicted octanol–water partition coefficient (Wildman–Crippen LogP) is 7.23. The van der Waals surface area contributed by atoms with Gasteiger partial charge in [0.15, 0.2) is 0 Å². The highest BCUT2D eigenvalue weighted by Gasteiger charge is 2.23. The van der Waals surface area contributed by atoms with E-state index < -0.39 is 5.97 Å². The molecule has 0 atom stereocenters. The number of carbonyl (C=O) groups excluding carboxylic acids is 1. The second kappa shape index (κ2) is 10.5. The maximum absolute atomic E-state index is 13.0. The summed E-state index contributed by atoms with van der Waals surface area (Å²) in [6.07, 6.45) is 1.59. The third kappa shape index (κ3) is 4.67. The number of nitrogens with one attached hydrogen (secondary N) is 1. The smallest absolute Gasteiger partial charge is 0.340 e. The Morgan fingerprint density at radius 2 is 1.79 bits per heavy atom. The Kier molecular flexibility index (Phi) is 6.79. The van der Waals surface area contributed by atoms with Crippen molar-refractivity contribution in [3.05, 3.63) is 107 Å². The first kappa shape index (κ1) is 24.6. The molecule has 2 aromatic heterocycles. The van der Waals surface area contributed by atoms with E-state index in [9.17, 15) is 10.1 Å². The van der Waals surface area contributed by atoms with Crippen LogP contribution >= 0.6 is 0 Å². The molecule has 0 saturated heterocycles. The second-order valence-corrected chi connectivity index (χ2v) is 8.77. The number of aromatic nitrogens is 2. The number of rotatable bonds is 7. The predicted molar refractivity (Wildman–Crippen MR) is 147 cm³/mol. The summed E-state index contributed by atoms with van der Waals surface area (Å²) in [4.78, 5) is 17.3. The van der Waals surface area contributed by atoms with E-state index in [0.29, 0.717) is 22.4 Å². The van der Waals surface area contributed by atoms with Crippen molar-refractivity contribution in [3.8, 4) is 23.4 Å². The number of esters is 1. The molecule has 1 N–H and O–H groups in total. The van der Waals surface area contributed by atoms with Crippen molar-refractivity contribution >= 4 is 28.2 Å². The van der Waals surface area contributed by atoms with Crippen LogP contribution in [0.3, 0.4) is 0 Å². The molecule has 5 aromatic rings. The van der Waals surface area contributed by atoms with E-state index in [0.717, 1.165) is 28.1 Å². The van der Waals surface area contributed by atoms with Gasteiger partial charge in [-0.3, -0.25) is 0 Å². The largest absolute Gasteiger partial charge is 0.462 e. The van der Waals surface area contributed by atoms with Gasteiger partial charge in [-0.15, -0.1) is 0 Å². The molecular formula is C31H26N4O3. The molecule has 0 fully saturated rings. The fourth-order valence-electron chi connectivity index (χ4n) is 4.47. The molecule has 0 radical (unpaired) electrons. The summed E-state index contributed by atoms with van der Waals surface area (Å²) in [7, 11) is 0. The summed E-state index contributed by atoms with van der Waals surface area (Å²) in [5, 5.41) is 13.8. The molecule has 0 aliphatic carbocycles. The molecule has 0 saturated carbocycles. The fraction of sp³-hybridized carbons (Fsp3) is 0.129. The number of hydrogen-bond donors (Lipinski definition) is 1. The van der Waals surface area contributed by atoms with Gasteiger partial charge in [0.1, 0.15) is 17.4 Å². The topological polar surface area (TPSA) is 89.2 Å². The maximum atomic E-state index is 13.0. The molecule has 5 rings (SSSR count). The number of aryl methyl sites for hydroxylation is 1. The van der Waals surface area contributed by atoms with Crippen LogP contribution in [0.15, 0.2) is 85.1 Å². The molecule has 0 spiro atoms. The van der Waals surface area contributed by atoms with Gasteiger partial charge in [-0.25, -0.2) is 9.78 Å². The van der Waals surface area contributed by atoms with Gasteiger partial charge in [0.05, 0.1) is 23.4 Å². The van der Waals surface area contributed by atoms with Gasteiger partial charge in [-0.05, 0) is 69.3 Å². The van der Waals surface area contributed by atoms with E-state index in [-0.39, 0.29) is 18.1 Å². The van der Waals surface area contributed by atoms with Crippen LogP contribution in [0.2, 0.25) is 0 Å². The van der Waals surface area contributed by atoms with Crippen LogP contribution in [-0.4, -0.2) is 22.1 Å². The van der Waals surface area contributed by atoms with Crippen molar-refractivity contribution in [2.45, 2.75) is 20.8 Å². The fourth-order valence-corrected chi connectivity index (χ4v) is 4.47. The minimum absolute atomic E-state index is 0.167. The number of hydrogen-bond acceptors (Lipinski definition) is 6. The summed E-state index contributed by atoms with van der Waals surface area (Å²) < 4.78 is 13.5. The van der Waals surface area contributed by atoms with Crippen molar-refractivity contribution in [3.63, 3.8) is 0 Å². The Morgan fingerprint density at radius 3 is 2.50 bits per heavy atom. The third-order valence-corrected chi connectivity index (χ3v) is 6.24. The van der Waals surface area contributed by atoms with Gasteiger partial charge in [0.2, 0.25) is 5.88 Å². The first-order chi connectivity index (χ1) is 18.5. The normalized spacial score (nSPS) is 10.7. The van der Waals surface area contributed by atoms with Crippen LogP contribution in [0.5, 0.6) is 11.6 Å². The molecule has 188 valence electrons. The first-order valence-corrected chi connectivity index (χ1v) is 12.3. The molecule has 0 aliphatic rings. The van der Waals surface area contributed by atoms with E-state index in [1.807, 2.05) is 85.1 Å².